The van der Waals surface area contributed by atoms with Gasteiger partial charge in [0.1, 0.15) is 11.4 Å². The molecule has 1 saturated heterocycles. The highest BCUT2D eigenvalue weighted by molar-refractivity contribution is 8.00. The molecule has 4 rings (SSSR count). The summed E-state index contributed by atoms with van der Waals surface area (Å²) < 4.78 is 16.4. The van der Waals surface area contributed by atoms with Crippen molar-refractivity contribution >= 4 is 40.2 Å². The number of aromatic nitrogens is 1. The molecule has 7 nitrogen and oxygen atoms in total. The molecule has 2 N–H and O–H groups in total. The van der Waals surface area contributed by atoms with Gasteiger partial charge in [-0.25, -0.2) is 9.18 Å². The van der Waals surface area contributed by atoms with Gasteiger partial charge in [-0.1, -0.05) is 11.8 Å². The van der Waals surface area contributed by atoms with Crippen LogP contribution in [0.4, 0.5) is 10.1 Å². The van der Waals surface area contributed by atoms with Crippen LogP contribution in [0, 0.1) is 5.82 Å². The second-order valence-corrected chi connectivity index (χ2v) is 7.30. The van der Waals surface area contributed by atoms with E-state index in [9.17, 15) is 23.9 Å². The average molecular weight is 363 g/mol. The highest BCUT2D eigenvalue weighted by Crippen LogP contribution is 2.46. The lowest BCUT2D eigenvalue weighted by Gasteiger charge is -2.34. The van der Waals surface area contributed by atoms with Crippen LogP contribution in [0.15, 0.2) is 22.0 Å². The zero-order valence-corrected chi connectivity index (χ0v) is 14.0. The van der Waals surface area contributed by atoms with Gasteiger partial charge in [-0.15, -0.1) is 0 Å². The van der Waals surface area contributed by atoms with Crippen LogP contribution in [0.2, 0.25) is 0 Å². The fourth-order valence-electron chi connectivity index (χ4n) is 3.31. The first-order valence-corrected chi connectivity index (χ1v) is 8.60. The lowest BCUT2D eigenvalue weighted by molar-refractivity contribution is -0.120. The number of amides is 1. The Kier molecular flexibility index (Phi) is 3.50. The Morgan fingerprint density at radius 1 is 1.40 bits per heavy atom. The number of carboxylic acid groups (broad SMARTS) is 1. The van der Waals surface area contributed by atoms with Gasteiger partial charge in [-0.05, 0) is 19.1 Å². The molecule has 0 saturated carbocycles. The third-order valence-electron chi connectivity index (χ3n) is 4.47. The molecular weight excluding hydrogens is 349 g/mol. The zero-order valence-electron chi connectivity index (χ0n) is 13.2. The third-order valence-corrected chi connectivity index (χ3v) is 5.64. The number of nitrogens with zero attached hydrogens (tertiary/aromatic N) is 2. The number of hydrogen-bond acceptors (Lipinski definition) is 5. The van der Waals surface area contributed by atoms with Gasteiger partial charge in [0.25, 0.3) is 0 Å². The predicted octanol–water partition coefficient (Wildman–Crippen LogP) is 1.40. The molecule has 2 aliphatic rings. The van der Waals surface area contributed by atoms with E-state index in [1.807, 2.05) is 6.92 Å². The summed E-state index contributed by atoms with van der Waals surface area (Å²) in [6.45, 7) is 2.79. The SMILES string of the molecule is CC1Sc2c(C(=O)O)c(=O)c3cc(F)c(N4CCNC(=O)C4)cc3n21. The second kappa shape index (κ2) is 5.48. The van der Waals surface area contributed by atoms with E-state index in [4.69, 9.17) is 0 Å². The number of carbonyl (C=O) groups is 2. The minimum Gasteiger partial charge on any atom is -0.477 e. The molecule has 9 heteroatoms. The Hall–Kier alpha value is -2.55. The summed E-state index contributed by atoms with van der Waals surface area (Å²) in [5.41, 5.74) is -0.280. The van der Waals surface area contributed by atoms with Crippen molar-refractivity contribution in [2.45, 2.75) is 17.3 Å². The molecule has 1 unspecified atom stereocenters. The number of carboxylic acids is 1. The summed E-state index contributed by atoms with van der Waals surface area (Å²) in [6, 6.07) is 2.62. The average Bonchev–Trinajstić information content (AvgIpc) is 2.54. The fraction of sp³-hybridized carbons (Fsp3) is 0.312. The van der Waals surface area contributed by atoms with Gasteiger partial charge in [0, 0.05) is 18.5 Å². The minimum absolute atomic E-state index is 0.0380. The molecule has 2 aromatic rings. The first kappa shape index (κ1) is 15.9. The number of nitrogens with one attached hydrogen (secondary N) is 1. The van der Waals surface area contributed by atoms with Crippen LogP contribution < -0.4 is 15.6 Å². The Labute approximate surface area is 145 Å². The minimum atomic E-state index is -1.31. The summed E-state index contributed by atoms with van der Waals surface area (Å²) in [5, 5.41) is 12.4. The van der Waals surface area contributed by atoms with Gasteiger partial charge in [0.15, 0.2) is 0 Å². The number of benzene rings is 1. The number of thioether (sulfide) groups is 1. The maximum absolute atomic E-state index is 14.6. The van der Waals surface area contributed by atoms with E-state index in [-0.39, 0.29) is 34.5 Å². The Morgan fingerprint density at radius 3 is 2.80 bits per heavy atom. The number of pyridine rings is 1. The van der Waals surface area contributed by atoms with Crippen molar-refractivity contribution in [3.8, 4) is 0 Å². The first-order chi connectivity index (χ1) is 11.9. The smallest absolute Gasteiger partial charge is 0.342 e. The molecular formula is C16H14FN3O4S. The molecule has 1 atom stereocenters. The molecule has 1 amide bonds. The highest BCUT2D eigenvalue weighted by atomic mass is 32.2. The molecule has 0 spiro atoms. The predicted molar refractivity (Wildman–Crippen MR) is 90.9 cm³/mol. The number of fused-ring (bicyclic) bond motifs is 3. The largest absolute Gasteiger partial charge is 0.477 e. The van der Waals surface area contributed by atoms with E-state index in [2.05, 4.69) is 5.32 Å². The van der Waals surface area contributed by atoms with Gasteiger partial charge >= 0.3 is 5.97 Å². The van der Waals surface area contributed by atoms with Crippen molar-refractivity contribution in [3.63, 3.8) is 0 Å². The summed E-state index contributed by atoms with van der Waals surface area (Å²) in [4.78, 5) is 37.2. The number of anilines is 1. The Balaban J connectivity index is 1.97. The van der Waals surface area contributed by atoms with E-state index in [0.717, 1.165) is 6.07 Å². The molecule has 1 aromatic carbocycles. The van der Waals surface area contributed by atoms with Crippen molar-refractivity contribution in [1.29, 1.82) is 0 Å². The summed E-state index contributed by atoms with van der Waals surface area (Å²) >= 11 is 1.29. The van der Waals surface area contributed by atoms with E-state index in [1.165, 1.54) is 17.8 Å². The molecule has 0 bridgehead atoms. The van der Waals surface area contributed by atoms with E-state index < -0.39 is 17.2 Å². The lowest BCUT2D eigenvalue weighted by Crippen LogP contribution is -2.48. The maximum atomic E-state index is 14.6. The Bertz CT molecular complexity index is 1000. The molecule has 1 aromatic heterocycles. The second-order valence-electron chi connectivity index (χ2n) is 5.99. The van der Waals surface area contributed by atoms with Crippen LogP contribution >= 0.6 is 11.8 Å². The van der Waals surface area contributed by atoms with Crippen LogP contribution in [0.1, 0.15) is 22.7 Å². The molecule has 2 aliphatic heterocycles. The van der Waals surface area contributed by atoms with Crippen molar-refractivity contribution in [2.75, 3.05) is 24.5 Å². The number of piperazine rings is 1. The van der Waals surface area contributed by atoms with Gasteiger partial charge < -0.3 is 19.9 Å². The van der Waals surface area contributed by atoms with Gasteiger partial charge in [0.2, 0.25) is 11.3 Å². The number of rotatable bonds is 2. The summed E-state index contributed by atoms with van der Waals surface area (Å²) in [5.74, 6) is -2.15. The number of aromatic carboxylic acids is 1. The van der Waals surface area contributed by atoms with Gasteiger partial charge in [0.05, 0.1) is 28.1 Å². The van der Waals surface area contributed by atoms with Crippen LogP contribution in [0.25, 0.3) is 10.9 Å². The van der Waals surface area contributed by atoms with Gasteiger partial charge in [-0.3, -0.25) is 9.59 Å². The number of hydrogen-bond donors (Lipinski definition) is 2. The molecule has 130 valence electrons. The Morgan fingerprint density at radius 2 is 2.16 bits per heavy atom. The standard InChI is InChI=1S/C16H14FN3O4S/c1-7-20-10-5-11(19-3-2-18-12(21)6-19)9(17)4-8(10)14(22)13(16(23)24)15(20)25-7/h4-5,7H,2-3,6H2,1H3,(H,18,21)(H,23,24). The molecule has 3 heterocycles. The van der Waals surface area contributed by atoms with Crippen LogP contribution in [0.5, 0.6) is 0 Å². The van der Waals surface area contributed by atoms with Crippen molar-refractivity contribution in [1.82, 2.24) is 9.88 Å². The van der Waals surface area contributed by atoms with Crippen LogP contribution in [-0.2, 0) is 4.79 Å². The molecule has 25 heavy (non-hydrogen) atoms. The topological polar surface area (TPSA) is 91.6 Å². The third kappa shape index (κ3) is 2.30. The maximum Gasteiger partial charge on any atom is 0.342 e. The van der Waals surface area contributed by atoms with Crippen LogP contribution in [-0.4, -0.2) is 41.2 Å². The monoisotopic (exact) mass is 363 g/mol. The lowest BCUT2D eigenvalue weighted by atomic mass is 10.1. The molecule has 0 radical (unpaired) electrons. The number of halogens is 1. The van der Waals surface area contributed by atoms with Crippen molar-refractivity contribution in [2.24, 2.45) is 0 Å². The zero-order chi connectivity index (χ0) is 17.9. The van der Waals surface area contributed by atoms with E-state index >= 15 is 0 Å². The van der Waals surface area contributed by atoms with Gasteiger partial charge in [-0.2, -0.15) is 0 Å². The van der Waals surface area contributed by atoms with E-state index in [0.29, 0.717) is 23.6 Å². The fourth-order valence-corrected chi connectivity index (χ4v) is 4.47. The number of carbonyl (C=O) groups excluding carboxylic acids is 1. The summed E-state index contributed by atoms with van der Waals surface area (Å²) in [6.07, 6.45) is 0. The van der Waals surface area contributed by atoms with E-state index in [1.54, 1.807) is 9.47 Å². The van der Waals surface area contributed by atoms with Crippen LogP contribution in [0.3, 0.4) is 0 Å². The quantitative estimate of drug-likeness (QED) is 0.838. The van der Waals surface area contributed by atoms with Crippen molar-refractivity contribution < 1.29 is 19.1 Å². The summed E-state index contributed by atoms with van der Waals surface area (Å²) in [7, 11) is 0. The van der Waals surface area contributed by atoms with Crippen molar-refractivity contribution in [3.05, 3.63) is 33.7 Å². The molecule has 0 aliphatic carbocycles. The molecule has 1 fully saturated rings. The highest BCUT2D eigenvalue weighted by Gasteiger charge is 2.33. The first-order valence-electron chi connectivity index (χ1n) is 7.72. The normalized spacial score (nSPS) is 19.4.